The Hall–Kier alpha value is -2.48. The summed E-state index contributed by atoms with van der Waals surface area (Å²) < 4.78 is 6.94. The normalized spacial score (nSPS) is 10.1. The summed E-state index contributed by atoms with van der Waals surface area (Å²) in [6, 6.07) is 7.55. The molecule has 1 heterocycles. The van der Waals surface area contributed by atoms with Crippen molar-refractivity contribution in [3.63, 3.8) is 0 Å². The van der Waals surface area contributed by atoms with E-state index in [2.05, 4.69) is 11.2 Å². The van der Waals surface area contributed by atoms with Crippen LogP contribution in [0, 0.1) is 18.3 Å². The average molecular weight is 242 g/mol. The Balaban J connectivity index is 2.27. The Labute approximate surface area is 105 Å². The van der Waals surface area contributed by atoms with Gasteiger partial charge in [-0.3, -0.25) is 4.68 Å². The Morgan fingerprint density at radius 3 is 2.83 bits per heavy atom. The predicted molar refractivity (Wildman–Crippen MR) is 68.2 cm³/mol. The second kappa shape index (κ2) is 4.80. The number of nitriles is 1. The summed E-state index contributed by atoms with van der Waals surface area (Å²) in [5.74, 6) is 1.11. The number of aromatic nitrogens is 2. The van der Waals surface area contributed by atoms with E-state index in [9.17, 15) is 0 Å². The van der Waals surface area contributed by atoms with Crippen molar-refractivity contribution in [2.75, 3.05) is 12.8 Å². The van der Waals surface area contributed by atoms with Gasteiger partial charge in [-0.05, 0) is 24.6 Å². The number of nitrogens with two attached hydrogens (primary N) is 1. The smallest absolute Gasteiger partial charge is 0.148 e. The third-order valence-electron chi connectivity index (χ3n) is 2.71. The molecule has 0 radical (unpaired) electrons. The van der Waals surface area contributed by atoms with Crippen LogP contribution < -0.4 is 10.5 Å². The molecule has 5 heteroatoms. The van der Waals surface area contributed by atoms with Crippen LogP contribution in [-0.4, -0.2) is 16.9 Å². The van der Waals surface area contributed by atoms with Crippen LogP contribution in [0.2, 0.25) is 0 Å². The molecule has 0 aliphatic carbocycles. The predicted octanol–water partition coefficient (Wildman–Crippen LogP) is 1.70. The van der Waals surface area contributed by atoms with Crippen molar-refractivity contribution < 1.29 is 4.74 Å². The Morgan fingerprint density at radius 1 is 1.50 bits per heavy atom. The van der Waals surface area contributed by atoms with E-state index in [1.165, 1.54) is 0 Å². The molecule has 1 aromatic carbocycles. The minimum absolute atomic E-state index is 0.525. The van der Waals surface area contributed by atoms with E-state index < -0.39 is 0 Å². The van der Waals surface area contributed by atoms with Gasteiger partial charge in [-0.15, -0.1) is 0 Å². The van der Waals surface area contributed by atoms with E-state index in [0.29, 0.717) is 23.7 Å². The van der Waals surface area contributed by atoms with Crippen molar-refractivity contribution in [2.45, 2.75) is 13.5 Å². The molecule has 0 fully saturated rings. The van der Waals surface area contributed by atoms with Gasteiger partial charge in [0, 0.05) is 11.8 Å². The van der Waals surface area contributed by atoms with Gasteiger partial charge in [-0.1, -0.05) is 6.07 Å². The van der Waals surface area contributed by atoms with Crippen LogP contribution in [0.1, 0.15) is 16.7 Å². The molecule has 0 saturated carbocycles. The van der Waals surface area contributed by atoms with Crippen molar-refractivity contribution in [3.05, 3.63) is 41.1 Å². The zero-order valence-corrected chi connectivity index (χ0v) is 10.3. The molecule has 0 aliphatic rings. The number of benzene rings is 1. The monoisotopic (exact) mass is 242 g/mol. The number of nitrogen functional groups attached to an aromatic ring is 1. The molecule has 0 aliphatic heterocycles. The number of nitrogens with zero attached hydrogens (tertiary/aromatic N) is 3. The quantitative estimate of drug-likeness (QED) is 0.888. The van der Waals surface area contributed by atoms with E-state index in [-0.39, 0.29) is 0 Å². The first kappa shape index (κ1) is 12.0. The highest BCUT2D eigenvalue weighted by molar-refractivity contribution is 5.45. The summed E-state index contributed by atoms with van der Waals surface area (Å²) in [6.07, 6.45) is 1.89. The molecular weight excluding hydrogens is 228 g/mol. The molecule has 0 bridgehead atoms. The maximum Gasteiger partial charge on any atom is 0.148 e. The van der Waals surface area contributed by atoms with Crippen LogP contribution in [-0.2, 0) is 6.54 Å². The molecule has 2 N–H and O–H groups in total. The lowest BCUT2D eigenvalue weighted by atomic mass is 10.1. The second-order valence-corrected chi connectivity index (χ2v) is 4.04. The standard InChI is InChI=1S/C13H14N4O/c1-9-7-17(16-13(9)15)8-10-3-4-11(6-14)12(5-10)18-2/h3-5,7H,8H2,1-2H3,(H2,15,16). The van der Waals surface area contributed by atoms with E-state index in [1.807, 2.05) is 25.3 Å². The molecule has 0 amide bonds. The number of methoxy groups -OCH3 is 1. The number of rotatable bonds is 3. The molecule has 0 spiro atoms. The fourth-order valence-electron chi connectivity index (χ4n) is 1.73. The fourth-order valence-corrected chi connectivity index (χ4v) is 1.73. The summed E-state index contributed by atoms with van der Waals surface area (Å²) in [5.41, 5.74) is 8.18. The summed E-state index contributed by atoms with van der Waals surface area (Å²) in [4.78, 5) is 0. The van der Waals surface area contributed by atoms with Gasteiger partial charge in [0.25, 0.3) is 0 Å². The number of ether oxygens (including phenoxy) is 1. The summed E-state index contributed by atoms with van der Waals surface area (Å²) in [5, 5.41) is 13.1. The maximum absolute atomic E-state index is 8.91. The maximum atomic E-state index is 8.91. The van der Waals surface area contributed by atoms with Gasteiger partial charge in [0.1, 0.15) is 17.6 Å². The number of hydrogen-bond acceptors (Lipinski definition) is 4. The molecule has 0 unspecified atom stereocenters. The van der Waals surface area contributed by atoms with Crippen molar-refractivity contribution in [3.8, 4) is 11.8 Å². The number of aryl methyl sites for hydroxylation is 1. The largest absolute Gasteiger partial charge is 0.495 e. The first-order chi connectivity index (χ1) is 8.63. The van der Waals surface area contributed by atoms with Crippen LogP contribution >= 0.6 is 0 Å². The highest BCUT2D eigenvalue weighted by atomic mass is 16.5. The van der Waals surface area contributed by atoms with Gasteiger partial charge in [0.2, 0.25) is 0 Å². The van der Waals surface area contributed by atoms with Crippen LogP contribution in [0.4, 0.5) is 5.82 Å². The molecular formula is C13H14N4O. The molecule has 18 heavy (non-hydrogen) atoms. The third-order valence-corrected chi connectivity index (χ3v) is 2.71. The minimum Gasteiger partial charge on any atom is -0.495 e. The zero-order valence-electron chi connectivity index (χ0n) is 10.3. The van der Waals surface area contributed by atoms with E-state index in [1.54, 1.807) is 17.9 Å². The van der Waals surface area contributed by atoms with E-state index in [0.717, 1.165) is 11.1 Å². The fraction of sp³-hybridized carbons (Fsp3) is 0.231. The molecule has 0 saturated heterocycles. The van der Waals surface area contributed by atoms with Gasteiger partial charge in [0.15, 0.2) is 0 Å². The van der Waals surface area contributed by atoms with E-state index >= 15 is 0 Å². The first-order valence-electron chi connectivity index (χ1n) is 5.50. The van der Waals surface area contributed by atoms with Crippen molar-refractivity contribution in [2.24, 2.45) is 0 Å². The lowest BCUT2D eigenvalue weighted by Crippen LogP contribution is -2.02. The van der Waals surface area contributed by atoms with Gasteiger partial charge < -0.3 is 10.5 Å². The van der Waals surface area contributed by atoms with E-state index in [4.69, 9.17) is 15.7 Å². The Bertz CT molecular complexity index is 590. The SMILES string of the molecule is COc1cc(Cn2cc(C)c(N)n2)ccc1C#N. The van der Waals surface area contributed by atoms with Crippen molar-refractivity contribution in [1.82, 2.24) is 9.78 Å². The second-order valence-electron chi connectivity index (χ2n) is 4.04. The highest BCUT2D eigenvalue weighted by Crippen LogP contribution is 2.20. The van der Waals surface area contributed by atoms with Crippen LogP contribution in [0.25, 0.3) is 0 Å². The lowest BCUT2D eigenvalue weighted by Gasteiger charge is -2.06. The molecule has 0 atom stereocenters. The van der Waals surface area contributed by atoms with Crippen LogP contribution in [0.15, 0.2) is 24.4 Å². The first-order valence-corrected chi connectivity index (χ1v) is 5.50. The minimum atomic E-state index is 0.525. The van der Waals surface area contributed by atoms with Crippen LogP contribution in [0.5, 0.6) is 5.75 Å². The summed E-state index contributed by atoms with van der Waals surface area (Å²) in [6.45, 7) is 2.51. The molecule has 5 nitrogen and oxygen atoms in total. The lowest BCUT2D eigenvalue weighted by molar-refractivity contribution is 0.412. The van der Waals surface area contributed by atoms with Gasteiger partial charge in [-0.25, -0.2) is 0 Å². The third kappa shape index (κ3) is 2.28. The summed E-state index contributed by atoms with van der Waals surface area (Å²) in [7, 11) is 1.55. The molecule has 2 aromatic rings. The number of anilines is 1. The Morgan fingerprint density at radius 2 is 2.28 bits per heavy atom. The molecule has 2 rings (SSSR count). The summed E-state index contributed by atoms with van der Waals surface area (Å²) >= 11 is 0. The average Bonchev–Trinajstić information content (AvgIpc) is 2.68. The number of hydrogen-bond donors (Lipinski definition) is 1. The van der Waals surface area contributed by atoms with Gasteiger partial charge >= 0.3 is 0 Å². The van der Waals surface area contributed by atoms with Crippen molar-refractivity contribution in [1.29, 1.82) is 5.26 Å². The molecule has 1 aromatic heterocycles. The zero-order chi connectivity index (χ0) is 13.1. The topological polar surface area (TPSA) is 76.9 Å². The highest BCUT2D eigenvalue weighted by Gasteiger charge is 2.06. The van der Waals surface area contributed by atoms with Gasteiger partial charge in [0.05, 0.1) is 19.2 Å². The van der Waals surface area contributed by atoms with Gasteiger partial charge in [-0.2, -0.15) is 10.4 Å². The van der Waals surface area contributed by atoms with Crippen molar-refractivity contribution >= 4 is 5.82 Å². The Kier molecular flexibility index (Phi) is 3.20. The molecule has 92 valence electrons. The van der Waals surface area contributed by atoms with Crippen LogP contribution in [0.3, 0.4) is 0 Å².